The Kier molecular flexibility index (Phi) is 5.51. The fourth-order valence-corrected chi connectivity index (χ4v) is 2.69. The van der Waals surface area contributed by atoms with Gasteiger partial charge in [0.05, 0.1) is 10.6 Å². The van der Waals surface area contributed by atoms with Gasteiger partial charge in [0.15, 0.2) is 0 Å². The van der Waals surface area contributed by atoms with E-state index in [0.29, 0.717) is 21.7 Å². The van der Waals surface area contributed by atoms with Crippen LogP contribution in [0.1, 0.15) is 5.56 Å². The predicted molar refractivity (Wildman–Crippen MR) is 91.7 cm³/mol. The summed E-state index contributed by atoms with van der Waals surface area (Å²) in [5.74, 6) is 0.0684. The van der Waals surface area contributed by atoms with E-state index in [1.165, 1.54) is 0 Å². The lowest BCUT2D eigenvalue weighted by molar-refractivity contribution is -0.141. The molecular weight excluding hydrogens is 348 g/mol. The molecule has 1 heterocycles. The van der Waals surface area contributed by atoms with Gasteiger partial charge in [0.2, 0.25) is 5.89 Å². The zero-order chi connectivity index (χ0) is 16.8. The van der Waals surface area contributed by atoms with Crippen LogP contribution in [0.5, 0.6) is 0 Å². The quantitative estimate of drug-likeness (QED) is 0.484. The summed E-state index contributed by atoms with van der Waals surface area (Å²) in [4.78, 5) is 11.8. The third-order valence-corrected chi connectivity index (χ3v) is 4.19. The Balaban J connectivity index is 1.52. The van der Waals surface area contributed by atoms with Gasteiger partial charge < -0.3 is 9.15 Å². The fourth-order valence-electron chi connectivity index (χ4n) is 1.91. The molecule has 0 unspecified atom stereocenters. The van der Waals surface area contributed by atoms with Crippen molar-refractivity contribution in [3.63, 3.8) is 0 Å². The van der Waals surface area contributed by atoms with Crippen LogP contribution in [-0.2, 0) is 16.1 Å². The molecule has 24 heavy (non-hydrogen) atoms. The highest BCUT2D eigenvalue weighted by atomic mass is 35.5. The molecule has 0 aliphatic heterocycles. The van der Waals surface area contributed by atoms with Crippen molar-refractivity contribution in [3.8, 4) is 11.5 Å². The molecule has 0 aliphatic carbocycles. The Morgan fingerprint density at radius 1 is 1.08 bits per heavy atom. The van der Waals surface area contributed by atoms with Crippen molar-refractivity contribution < 1.29 is 13.9 Å². The van der Waals surface area contributed by atoms with Gasteiger partial charge in [-0.2, -0.15) is 0 Å². The van der Waals surface area contributed by atoms with Crippen LogP contribution < -0.4 is 0 Å². The number of carbonyl (C=O) groups excluding carboxylic acids is 1. The normalized spacial score (nSPS) is 10.5. The van der Waals surface area contributed by atoms with E-state index in [2.05, 4.69) is 10.2 Å². The zero-order valence-corrected chi connectivity index (χ0v) is 14.1. The summed E-state index contributed by atoms with van der Waals surface area (Å²) in [5, 5.41) is 8.67. The van der Waals surface area contributed by atoms with Crippen molar-refractivity contribution in [2.75, 3.05) is 5.75 Å². The molecule has 2 aromatic carbocycles. The van der Waals surface area contributed by atoms with Crippen LogP contribution in [0.4, 0.5) is 0 Å². The molecule has 0 saturated carbocycles. The second-order valence-electron chi connectivity index (χ2n) is 4.79. The minimum atomic E-state index is -0.346. The van der Waals surface area contributed by atoms with E-state index in [4.69, 9.17) is 20.8 Å². The second kappa shape index (κ2) is 7.99. The molecule has 0 atom stereocenters. The third kappa shape index (κ3) is 4.37. The molecule has 1 aromatic heterocycles. The molecule has 5 nitrogen and oxygen atoms in total. The largest absolute Gasteiger partial charge is 0.460 e. The van der Waals surface area contributed by atoms with E-state index in [1.807, 2.05) is 42.5 Å². The van der Waals surface area contributed by atoms with Crippen molar-refractivity contribution in [3.05, 3.63) is 65.2 Å². The Morgan fingerprint density at radius 3 is 2.62 bits per heavy atom. The molecule has 0 radical (unpaired) electrons. The number of esters is 1. The first-order valence-electron chi connectivity index (χ1n) is 7.13. The lowest BCUT2D eigenvalue weighted by atomic mass is 10.2. The van der Waals surface area contributed by atoms with Crippen LogP contribution in [0.3, 0.4) is 0 Å². The number of nitrogens with zero attached hydrogens (tertiary/aromatic N) is 2. The highest BCUT2D eigenvalue weighted by molar-refractivity contribution is 7.99. The standard InChI is InChI=1S/C17H13ClN2O3S/c18-14-9-5-4-8-13(14)16-19-20-17(23-16)24-11-15(21)22-10-12-6-2-1-3-7-12/h1-9H,10-11H2. The second-order valence-corrected chi connectivity index (χ2v) is 6.12. The Hall–Kier alpha value is -2.31. The molecule has 3 aromatic rings. The molecule has 0 fully saturated rings. The topological polar surface area (TPSA) is 65.2 Å². The van der Waals surface area contributed by atoms with Crippen LogP contribution in [-0.4, -0.2) is 21.9 Å². The fraction of sp³-hybridized carbons (Fsp3) is 0.118. The number of hydrogen-bond donors (Lipinski definition) is 0. The first kappa shape index (κ1) is 16.5. The van der Waals surface area contributed by atoms with Gasteiger partial charge in [-0.05, 0) is 17.7 Å². The van der Waals surface area contributed by atoms with Crippen LogP contribution in [0, 0.1) is 0 Å². The van der Waals surface area contributed by atoms with Crippen LogP contribution >= 0.6 is 23.4 Å². The van der Waals surface area contributed by atoms with Gasteiger partial charge in [-0.15, -0.1) is 10.2 Å². The number of hydrogen-bond acceptors (Lipinski definition) is 6. The van der Waals surface area contributed by atoms with Gasteiger partial charge in [0.25, 0.3) is 5.22 Å². The maximum absolute atomic E-state index is 11.8. The lowest BCUT2D eigenvalue weighted by Crippen LogP contribution is -2.07. The Bertz CT molecular complexity index is 823. The molecule has 122 valence electrons. The summed E-state index contributed by atoms with van der Waals surface area (Å²) in [6.45, 7) is 0.245. The molecular formula is C17H13ClN2O3S. The van der Waals surface area contributed by atoms with E-state index >= 15 is 0 Å². The third-order valence-electron chi connectivity index (χ3n) is 3.07. The van der Waals surface area contributed by atoms with E-state index in [9.17, 15) is 4.79 Å². The van der Waals surface area contributed by atoms with Gasteiger partial charge in [-0.3, -0.25) is 4.79 Å². The Labute approximate surface area is 148 Å². The first-order valence-corrected chi connectivity index (χ1v) is 8.49. The van der Waals surface area contributed by atoms with Crippen molar-refractivity contribution in [1.29, 1.82) is 0 Å². The van der Waals surface area contributed by atoms with Crippen LogP contribution in [0.25, 0.3) is 11.5 Å². The maximum atomic E-state index is 11.8. The average molecular weight is 361 g/mol. The monoisotopic (exact) mass is 360 g/mol. The highest BCUT2D eigenvalue weighted by Crippen LogP contribution is 2.28. The number of ether oxygens (including phenoxy) is 1. The smallest absolute Gasteiger partial charge is 0.316 e. The van der Waals surface area contributed by atoms with Crippen molar-refractivity contribution in [1.82, 2.24) is 10.2 Å². The lowest BCUT2D eigenvalue weighted by Gasteiger charge is -2.03. The molecule has 3 rings (SSSR count). The minimum Gasteiger partial charge on any atom is -0.460 e. The van der Waals surface area contributed by atoms with Gasteiger partial charge in [-0.25, -0.2) is 0 Å². The minimum absolute atomic E-state index is 0.0942. The zero-order valence-electron chi connectivity index (χ0n) is 12.5. The van der Waals surface area contributed by atoms with Crippen molar-refractivity contribution >= 4 is 29.3 Å². The summed E-state index contributed by atoms with van der Waals surface area (Å²) in [7, 11) is 0. The SMILES string of the molecule is O=C(CSc1nnc(-c2ccccc2Cl)o1)OCc1ccccc1. The number of carbonyl (C=O) groups is 1. The summed E-state index contributed by atoms with van der Waals surface area (Å²) >= 11 is 7.21. The molecule has 7 heteroatoms. The number of thioether (sulfide) groups is 1. The molecule has 0 aliphatic rings. The van der Waals surface area contributed by atoms with Crippen molar-refractivity contribution in [2.24, 2.45) is 0 Å². The van der Waals surface area contributed by atoms with Gasteiger partial charge in [0.1, 0.15) is 12.4 Å². The summed E-state index contributed by atoms with van der Waals surface area (Å²) in [6, 6.07) is 16.7. The van der Waals surface area contributed by atoms with E-state index < -0.39 is 0 Å². The molecule has 0 spiro atoms. The Morgan fingerprint density at radius 2 is 1.83 bits per heavy atom. The summed E-state index contributed by atoms with van der Waals surface area (Å²) < 4.78 is 10.7. The highest BCUT2D eigenvalue weighted by Gasteiger charge is 2.13. The first-order chi connectivity index (χ1) is 11.7. The molecule has 0 bridgehead atoms. The maximum Gasteiger partial charge on any atom is 0.316 e. The van der Waals surface area contributed by atoms with E-state index in [1.54, 1.807) is 12.1 Å². The number of rotatable bonds is 6. The van der Waals surface area contributed by atoms with E-state index in [0.717, 1.165) is 17.3 Å². The van der Waals surface area contributed by atoms with Gasteiger partial charge >= 0.3 is 5.97 Å². The average Bonchev–Trinajstić information content (AvgIpc) is 3.08. The summed E-state index contributed by atoms with van der Waals surface area (Å²) in [5.41, 5.74) is 1.60. The molecule has 0 saturated heterocycles. The number of halogens is 1. The van der Waals surface area contributed by atoms with Crippen LogP contribution in [0.15, 0.2) is 64.2 Å². The molecule has 0 amide bonds. The van der Waals surface area contributed by atoms with E-state index in [-0.39, 0.29) is 18.3 Å². The number of benzene rings is 2. The predicted octanol–water partition coefficient (Wildman–Crippen LogP) is 4.23. The van der Waals surface area contributed by atoms with Gasteiger partial charge in [-0.1, -0.05) is 65.8 Å². The van der Waals surface area contributed by atoms with Gasteiger partial charge in [0, 0.05) is 0 Å². The van der Waals surface area contributed by atoms with Crippen LogP contribution in [0.2, 0.25) is 5.02 Å². The number of aromatic nitrogens is 2. The van der Waals surface area contributed by atoms with Crippen molar-refractivity contribution in [2.45, 2.75) is 11.8 Å². The molecule has 0 N–H and O–H groups in total. The summed E-state index contributed by atoms with van der Waals surface area (Å²) in [6.07, 6.45) is 0.